The number of ether oxygens (including phenoxy) is 2. The minimum Gasteiger partial charge on any atom is -0.497 e. The van der Waals surface area contributed by atoms with Gasteiger partial charge < -0.3 is 14.4 Å². The molecule has 7 heteroatoms. The summed E-state index contributed by atoms with van der Waals surface area (Å²) in [7, 11) is 1.69. The van der Waals surface area contributed by atoms with Gasteiger partial charge in [-0.2, -0.15) is 0 Å². The van der Waals surface area contributed by atoms with Crippen molar-refractivity contribution in [3.8, 4) is 11.5 Å². The van der Waals surface area contributed by atoms with Gasteiger partial charge in [-0.3, -0.25) is 4.79 Å². The molecule has 2 rings (SSSR count). The van der Waals surface area contributed by atoms with Crippen LogP contribution in [0.5, 0.6) is 11.5 Å². The van der Waals surface area contributed by atoms with Gasteiger partial charge in [-0.1, -0.05) is 49.8 Å². The predicted octanol–water partition coefficient (Wildman–Crippen LogP) is 5.93. The van der Waals surface area contributed by atoms with Crippen molar-refractivity contribution in [1.82, 2.24) is 9.21 Å². The Bertz CT molecular complexity index is 1080. The standard InChI is InChI=1S/C30H42N2O4S/c1-9-10-28(32(18-17-22(2)3)37(34)27-15-11-24(6)12-16-27)30(33)31(20-23(4)5)21-25-13-14-26(35-7)19-29(25)36-8/h9,11-16,19,22,28H,1,4,10,17-18,20-21H2,2-3,5-8H3. The SMILES string of the molecule is C=CCC(C(=O)N(CC(=C)C)Cc1ccc(OC)cc1OC)N(CCC(C)C)S(=O)c1ccc(C)cc1. The van der Waals surface area contributed by atoms with Gasteiger partial charge in [-0.15, -0.1) is 6.58 Å². The Hall–Kier alpha value is -2.90. The van der Waals surface area contributed by atoms with E-state index in [-0.39, 0.29) is 5.91 Å². The molecule has 0 radical (unpaired) electrons. The maximum absolute atomic E-state index is 14.2. The van der Waals surface area contributed by atoms with E-state index in [1.807, 2.05) is 54.6 Å². The number of hydrogen-bond donors (Lipinski definition) is 0. The van der Waals surface area contributed by atoms with Crippen LogP contribution in [0.4, 0.5) is 0 Å². The Balaban J connectivity index is 2.48. The molecule has 2 unspecified atom stereocenters. The van der Waals surface area contributed by atoms with E-state index in [1.165, 1.54) is 0 Å². The summed E-state index contributed by atoms with van der Waals surface area (Å²) in [6.45, 7) is 17.3. The Morgan fingerprint density at radius 3 is 2.32 bits per heavy atom. The first-order valence-electron chi connectivity index (χ1n) is 12.6. The van der Waals surface area contributed by atoms with Gasteiger partial charge >= 0.3 is 0 Å². The van der Waals surface area contributed by atoms with E-state index >= 15 is 0 Å². The van der Waals surface area contributed by atoms with Gasteiger partial charge in [-0.25, -0.2) is 8.51 Å². The lowest BCUT2D eigenvalue weighted by atomic mass is 10.1. The summed E-state index contributed by atoms with van der Waals surface area (Å²) in [5, 5.41) is 0. The van der Waals surface area contributed by atoms with Crippen molar-refractivity contribution in [1.29, 1.82) is 0 Å². The topological polar surface area (TPSA) is 59.1 Å². The summed E-state index contributed by atoms with van der Waals surface area (Å²) in [5.41, 5.74) is 2.80. The molecule has 202 valence electrons. The van der Waals surface area contributed by atoms with Gasteiger partial charge in [0.15, 0.2) is 0 Å². The summed E-state index contributed by atoms with van der Waals surface area (Å²) >= 11 is 0. The largest absolute Gasteiger partial charge is 0.497 e. The van der Waals surface area contributed by atoms with Crippen molar-refractivity contribution in [3.63, 3.8) is 0 Å². The lowest BCUT2D eigenvalue weighted by Gasteiger charge is -2.34. The second-order valence-electron chi connectivity index (χ2n) is 9.75. The van der Waals surface area contributed by atoms with E-state index < -0.39 is 17.0 Å². The fourth-order valence-corrected chi connectivity index (χ4v) is 5.28. The molecule has 2 atom stereocenters. The second kappa shape index (κ2) is 14.7. The summed E-state index contributed by atoms with van der Waals surface area (Å²) in [4.78, 5) is 16.6. The predicted molar refractivity (Wildman–Crippen MR) is 152 cm³/mol. The van der Waals surface area contributed by atoms with Crippen LogP contribution in [0.2, 0.25) is 0 Å². The number of methoxy groups -OCH3 is 2. The minimum atomic E-state index is -1.51. The highest BCUT2D eigenvalue weighted by atomic mass is 32.2. The number of hydrogen-bond acceptors (Lipinski definition) is 4. The minimum absolute atomic E-state index is 0.120. The molecule has 0 heterocycles. The molecule has 0 aliphatic heterocycles. The molecule has 0 aliphatic carbocycles. The third kappa shape index (κ3) is 8.86. The number of aryl methyl sites for hydroxylation is 1. The molecule has 0 aromatic heterocycles. The average molecular weight is 527 g/mol. The van der Waals surface area contributed by atoms with Crippen LogP contribution >= 0.6 is 0 Å². The van der Waals surface area contributed by atoms with Crippen molar-refractivity contribution in [2.45, 2.75) is 58.0 Å². The molecule has 0 aliphatic rings. The molecule has 0 bridgehead atoms. The average Bonchev–Trinajstić information content (AvgIpc) is 2.87. The van der Waals surface area contributed by atoms with Crippen molar-refractivity contribution in [2.24, 2.45) is 5.92 Å². The fraction of sp³-hybridized carbons (Fsp3) is 0.433. The van der Waals surface area contributed by atoms with Gasteiger partial charge in [0.05, 0.1) is 19.1 Å². The van der Waals surface area contributed by atoms with E-state index in [0.29, 0.717) is 48.4 Å². The molecule has 0 spiro atoms. The first kappa shape index (κ1) is 30.3. The second-order valence-corrected chi connectivity index (χ2v) is 11.2. The third-order valence-corrected chi connectivity index (χ3v) is 7.55. The van der Waals surface area contributed by atoms with E-state index in [0.717, 1.165) is 23.1 Å². The zero-order chi connectivity index (χ0) is 27.5. The van der Waals surface area contributed by atoms with Gasteiger partial charge in [-0.05, 0) is 56.9 Å². The van der Waals surface area contributed by atoms with Crippen LogP contribution in [-0.4, -0.2) is 52.7 Å². The molecule has 6 nitrogen and oxygen atoms in total. The molecular weight excluding hydrogens is 484 g/mol. The highest BCUT2D eigenvalue weighted by Crippen LogP contribution is 2.27. The molecule has 2 aromatic rings. The molecule has 0 saturated carbocycles. The first-order valence-corrected chi connectivity index (χ1v) is 13.7. The highest BCUT2D eigenvalue weighted by molar-refractivity contribution is 7.82. The van der Waals surface area contributed by atoms with Crippen LogP contribution in [0.25, 0.3) is 0 Å². The van der Waals surface area contributed by atoms with Crippen molar-refractivity contribution >= 4 is 16.9 Å². The van der Waals surface area contributed by atoms with Crippen LogP contribution in [0, 0.1) is 12.8 Å². The molecule has 2 aromatic carbocycles. The molecular formula is C30H42N2O4S. The molecule has 0 saturated heterocycles. The van der Waals surface area contributed by atoms with E-state index in [2.05, 4.69) is 27.0 Å². The van der Waals surface area contributed by atoms with Gasteiger partial charge in [0.2, 0.25) is 5.91 Å². The lowest BCUT2D eigenvalue weighted by molar-refractivity contribution is -0.135. The number of benzene rings is 2. The summed E-state index contributed by atoms with van der Waals surface area (Å²) < 4.78 is 26.6. The number of rotatable bonds is 15. The monoisotopic (exact) mass is 526 g/mol. The highest BCUT2D eigenvalue weighted by Gasteiger charge is 2.33. The van der Waals surface area contributed by atoms with Crippen molar-refractivity contribution < 1.29 is 18.5 Å². The number of nitrogens with zero attached hydrogens (tertiary/aromatic N) is 2. The normalized spacial score (nSPS) is 12.8. The smallest absolute Gasteiger partial charge is 0.241 e. The zero-order valence-electron chi connectivity index (χ0n) is 23.2. The fourth-order valence-electron chi connectivity index (χ4n) is 3.97. The summed E-state index contributed by atoms with van der Waals surface area (Å²) in [6, 6.07) is 12.6. The summed E-state index contributed by atoms with van der Waals surface area (Å²) in [6.07, 6.45) is 2.91. The molecule has 37 heavy (non-hydrogen) atoms. The van der Waals surface area contributed by atoms with Crippen LogP contribution < -0.4 is 9.47 Å². The lowest BCUT2D eigenvalue weighted by Crippen LogP contribution is -2.49. The number of amides is 1. The van der Waals surface area contributed by atoms with Gasteiger partial charge in [0.1, 0.15) is 28.5 Å². The van der Waals surface area contributed by atoms with Crippen molar-refractivity contribution in [3.05, 3.63) is 78.4 Å². The van der Waals surface area contributed by atoms with Gasteiger partial charge in [0, 0.05) is 31.3 Å². The maximum atomic E-state index is 14.2. The summed E-state index contributed by atoms with van der Waals surface area (Å²) in [5.74, 6) is 1.59. The Morgan fingerprint density at radius 2 is 1.78 bits per heavy atom. The Labute approximate surface area is 225 Å². The quantitative estimate of drug-likeness (QED) is 0.270. The molecule has 1 amide bonds. The number of carbonyl (C=O) groups excluding carboxylic acids is 1. The number of carbonyl (C=O) groups is 1. The van der Waals surface area contributed by atoms with Crippen molar-refractivity contribution in [2.75, 3.05) is 27.3 Å². The van der Waals surface area contributed by atoms with Crippen LogP contribution in [0.15, 0.2) is 72.2 Å². The van der Waals surface area contributed by atoms with E-state index in [4.69, 9.17) is 9.47 Å². The Kier molecular flexibility index (Phi) is 12.1. The zero-order valence-corrected chi connectivity index (χ0v) is 24.0. The maximum Gasteiger partial charge on any atom is 0.241 e. The Morgan fingerprint density at radius 1 is 1.11 bits per heavy atom. The third-order valence-electron chi connectivity index (χ3n) is 6.01. The first-order chi connectivity index (χ1) is 17.6. The van der Waals surface area contributed by atoms with Crippen LogP contribution in [-0.2, 0) is 22.3 Å². The van der Waals surface area contributed by atoms with Crippen LogP contribution in [0.1, 0.15) is 44.7 Å². The molecule has 0 fully saturated rings. The van der Waals surface area contributed by atoms with E-state index in [1.54, 1.807) is 31.3 Å². The van der Waals surface area contributed by atoms with E-state index in [9.17, 15) is 9.00 Å². The van der Waals surface area contributed by atoms with Crippen LogP contribution in [0.3, 0.4) is 0 Å². The van der Waals surface area contributed by atoms with Gasteiger partial charge in [0.25, 0.3) is 0 Å². The molecule has 0 N–H and O–H groups in total.